The maximum Gasteiger partial charge on any atom is 0.407 e. The Balaban J connectivity index is 1.68. The largest absolute Gasteiger partial charge is 0.480 e. The number of carboxylic acid groups (broad SMARTS) is 1. The number of amides is 1. The Morgan fingerprint density at radius 3 is 2.15 bits per heavy atom. The molecule has 2 aromatic rings. The predicted octanol–water partition coefficient (Wildman–Crippen LogP) is 3.14. The quantitative estimate of drug-likeness (QED) is 0.697. The van der Waals surface area contributed by atoms with E-state index in [-0.39, 0.29) is 18.9 Å². The molecular formula is C21H23NO5. The number of aliphatic hydroxyl groups is 1. The summed E-state index contributed by atoms with van der Waals surface area (Å²) in [5, 5.41) is 21.2. The van der Waals surface area contributed by atoms with E-state index in [1.165, 1.54) is 0 Å². The van der Waals surface area contributed by atoms with Crippen molar-refractivity contribution in [1.82, 2.24) is 5.32 Å². The van der Waals surface area contributed by atoms with Crippen molar-refractivity contribution in [3.05, 3.63) is 59.7 Å². The highest BCUT2D eigenvalue weighted by atomic mass is 16.5. The Hall–Kier alpha value is -2.86. The van der Waals surface area contributed by atoms with E-state index in [1.54, 1.807) is 6.92 Å². The van der Waals surface area contributed by atoms with Gasteiger partial charge in [-0.25, -0.2) is 9.59 Å². The molecule has 6 heteroatoms. The van der Waals surface area contributed by atoms with Gasteiger partial charge in [0.2, 0.25) is 0 Å². The van der Waals surface area contributed by atoms with Crippen LogP contribution in [0.3, 0.4) is 0 Å². The van der Waals surface area contributed by atoms with E-state index in [1.807, 2.05) is 48.5 Å². The van der Waals surface area contributed by atoms with Crippen molar-refractivity contribution in [3.63, 3.8) is 0 Å². The zero-order chi connectivity index (χ0) is 19.4. The van der Waals surface area contributed by atoms with Crippen molar-refractivity contribution < 1.29 is 24.5 Å². The summed E-state index contributed by atoms with van der Waals surface area (Å²) in [6.45, 7) is 1.86. The van der Waals surface area contributed by atoms with Crippen molar-refractivity contribution in [2.24, 2.45) is 0 Å². The van der Waals surface area contributed by atoms with Crippen LogP contribution in [0, 0.1) is 0 Å². The second-order valence-electron chi connectivity index (χ2n) is 6.66. The molecule has 0 aromatic heterocycles. The third-order valence-corrected chi connectivity index (χ3v) is 4.91. The lowest BCUT2D eigenvalue weighted by Crippen LogP contribution is -2.43. The second kappa shape index (κ2) is 8.22. The van der Waals surface area contributed by atoms with Crippen LogP contribution < -0.4 is 5.32 Å². The molecule has 3 N–H and O–H groups in total. The first-order valence-corrected chi connectivity index (χ1v) is 9.03. The van der Waals surface area contributed by atoms with Crippen LogP contribution in [0.2, 0.25) is 0 Å². The number of carbonyl (C=O) groups is 2. The average Bonchev–Trinajstić information content (AvgIpc) is 2.99. The first-order chi connectivity index (χ1) is 13.0. The summed E-state index contributed by atoms with van der Waals surface area (Å²) in [7, 11) is 0. The number of hydrogen-bond donors (Lipinski definition) is 3. The second-order valence-corrected chi connectivity index (χ2v) is 6.66. The third kappa shape index (κ3) is 4.11. The van der Waals surface area contributed by atoms with Crippen LogP contribution in [-0.4, -0.2) is 41.0 Å². The molecule has 1 aliphatic carbocycles. The fraction of sp³-hybridized carbons (Fsp3) is 0.333. The van der Waals surface area contributed by atoms with E-state index in [0.717, 1.165) is 22.3 Å². The highest BCUT2D eigenvalue weighted by molar-refractivity contribution is 5.81. The van der Waals surface area contributed by atoms with Crippen LogP contribution in [0.4, 0.5) is 4.79 Å². The van der Waals surface area contributed by atoms with E-state index in [0.29, 0.717) is 6.42 Å². The summed E-state index contributed by atoms with van der Waals surface area (Å²) >= 11 is 0. The zero-order valence-corrected chi connectivity index (χ0v) is 15.1. The van der Waals surface area contributed by atoms with Gasteiger partial charge >= 0.3 is 12.1 Å². The van der Waals surface area contributed by atoms with Crippen LogP contribution in [0.1, 0.15) is 36.8 Å². The molecule has 0 saturated heterocycles. The maximum absolute atomic E-state index is 12.1. The lowest BCUT2D eigenvalue weighted by Gasteiger charge is -2.19. The molecule has 2 unspecified atom stereocenters. The van der Waals surface area contributed by atoms with Gasteiger partial charge in [-0.15, -0.1) is 0 Å². The highest BCUT2D eigenvalue weighted by Gasteiger charge is 2.30. The summed E-state index contributed by atoms with van der Waals surface area (Å²) in [4.78, 5) is 23.4. The normalized spacial score (nSPS) is 14.7. The number of rotatable bonds is 7. The van der Waals surface area contributed by atoms with E-state index in [2.05, 4.69) is 5.32 Å². The van der Waals surface area contributed by atoms with Crippen LogP contribution >= 0.6 is 0 Å². The monoisotopic (exact) mass is 369 g/mol. The topological polar surface area (TPSA) is 95.9 Å². The van der Waals surface area contributed by atoms with E-state index < -0.39 is 24.2 Å². The number of ether oxygens (including phenoxy) is 1. The molecule has 3 rings (SSSR count). The molecule has 0 bridgehead atoms. The number of aliphatic hydroxyl groups excluding tert-OH is 1. The summed E-state index contributed by atoms with van der Waals surface area (Å²) in [5.41, 5.74) is 4.42. The van der Waals surface area contributed by atoms with Crippen LogP contribution in [-0.2, 0) is 9.53 Å². The van der Waals surface area contributed by atoms with E-state index >= 15 is 0 Å². The average molecular weight is 369 g/mol. The molecular weight excluding hydrogens is 346 g/mol. The Morgan fingerprint density at radius 1 is 1.07 bits per heavy atom. The van der Waals surface area contributed by atoms with Crippen molar-refractivity contribution in [1.29, 1.82) is 0 Å². The van der Waals surface area contributed by atoms with Gasteiger partial charge in [0.15, 0.2) is 0 Å². The van der Waals surface area contributed by atoms with Gasteiger partial charge in [-0.3, -0.25) is 0 Å². The molecule has 2 atom stereocenters. The Bertz CT molecular complexity index is 789. The molecule has 142 valence electrons. The fourth-order valence-electron chi connectivity index (χ4n) is 3.44. The van der Waals surface area contributed by atoms with Crippen LogP contribution in [0.25, 0.3) is 11.1 Å². The van der Waals surface area contributed by atoms with Gasteiger partial charge in [0.25, 0.3) is 0 Å². The lowest BCUT2D eigenvalue weighted by atomic mass is 9.98. The Labute approximate surface area is 157 Å². The molecule has 0 fully saturated rings. The number of hydrogen-bond acceptors (Lipinski definition) is 4. The molecule has 2 aromatic carbocycles. The SMILES string of the molecule is CCC(O)CC(NC(=O)OCC1c2ccccc2-c2ccccc21)C(=O)O. The fourth-order valence-corrected chi connectivity index (χ4v) is 3.44. The minimum atomic E-state index is -1.20. The smallest absolute Gasteiger partial charge is 0.407 e. The van der Waals surface area contributed by atoms with Crippen molar-refractivity contribution >= 4 is 12.1 Å². The molecule has 0 saturated carbocycles. The van der Waals surface area contributed by atoms with Gasteiger partial charge in [-0.05, 0) is 28.7 Å². The number of fused-ring (bicyclic) bond motifs is 3. The van der Waals surface area contributed by atoms with E-state index in [9.17, 15) is 19.8 Å². The molecule has 0 radical (unpaired) electrons. The van der Waals surface area contributed by atoms with Gasteiger partial charge in [-0.2, -0.15) is 0 Å². The molecule has 0 heterocycles. The van der Waals surface area contributed by atoms with Crippen molar-refractivity contribution in [2.45, 2.75) is 37.8 Å². The van der Waals surface area contributed by atoms with Gasteiger partial charge in [0, 0.05) is 12.3 Å². The number of nitrogens with one attached hydrogen (secondary N) is 1. The number of carbonyl (C=O) groups excluding carboxylic acids is 1. The minimum Gasteiger partial charge on any atom is -0.480 e. The number of benzene rings is 2. The first-order valence-electron chi connectivity index (χ1n) is 9.03. The number of carboxylic acids is 1. The minimum absolute atomic E-state index is 0.0595. The van der Waals surface area contributed by atoms with Gasteiger partial charge in [0.05, 0.1) is 6.10 Å². The zero-order valence-electron chi connectivity index (χ0n) is 15.1. The Kier molecular flexibility index (Phi) is 5.76. The standard InChI is InChI=1S/C21H23NO5/c1-2-13(23)11-19(20(24)25)22-21(26)27-12-18-16-9-5-3-7-14(16)15-8-4-6-10-17(15)18/h3-10,13,18-19,23H,2,11-12H2,1H3,(H,22,26)(H,24,25). The van der Waals surface area contributed by atoms with Gasteiger partial charge < -0.3 is 20.3 Å². The third-order valence-electron chi connectivity index (χ3n) is 4.91. The van der Waals surface area contributed by atoms with Crippen LogP contribution in [0.15, 0.2) is 48.5 Å². The van der Waals surface area contributed by atoms with E-state index in [4.69, 9.17) is 4.74 Å². The molecule has 0 aliphatic heterocycles. The summed E-state index contributed by atoms with van der Waals surface area (Å²) in [6, 6.07) is 14.8. The van der Waals surface area contributed by atoms with Gasteiger partial charge in [-0.1, -0.05) is 55.5 Å². The highest BCUT2D eigenvalue weighted by Crippen LogP contribution is 2.44. The predicted molar refractivity (Wildman–Crippen MR) is 101 cm³/mol. The molecule has 1 amide bonds. The number of aliphatic carboxylic acids is 1. The molecule has 27 heavy (non-hydrogen) atoms. The summed E-state index contributed by atoms with van der Waals surface area (Å²) in [5.74, 6) is -1.29. The van der Waals surface area contributed by atoms with Crippen molar-refractivity contribution in [3.8, 4) is 11.1 Å². The Morgan fingerprint density at radius 2 is 1.63 bits per heavy atom. The van der Waals surface area contributed by atoms with Crippen molar-refractivity contribution in [2.75, 3.05) is 6.61 Å². The summed E-state index contributed by atoms with van der Waals surface area (Å²) < 4.78 is 5.34. The number of alkyl carbamates (subject to hydrolysis) is 1. The first kappa shape index (κ1) is 18.9. The maximum atomic E-state index is 12.1. The van der Waals surface area contributed by atoms with Gasteiger partial charge in [0.1, 0.15) is 12.6 Å². The van der Waals surface area contributed by atoms with Crippen LogP contribution in [0.5, 0.6) is 0 Å². The molecule has 6 nitrogen and oxygen atoms in total. The molecule has 1 aliphatic rings. The summed E-state index contributed by atoms with van der Waals surface area (Å²) in [6.07, 6.45) is -1.24. The lowest BCUT2D eigenvalue weighted by molar-refractivity contribution is -0.140. The molecule has 0 spiro atoms.